The molecular weight excluding hydrogens is 226 g/mol. The van der Waals surface area contributed by atoms with Crippen LogP contribution in [0.3, 0.4) is 0 Å². The molecule has 1 saturated heterocycles. The van der Waals surface area contributed by atoms with Crippen LogP contribution in [0.25, 0.3) is 0 Å². The van der Waals surface area contributed by atoms with E-state index in [1.165, 1.54) is 0 Å². The van der Waals surface area contributed by atoms with Gasteiger partial charge in [0.2, 0.25) is 5.91 Å². The Labute approximate surface area is 107 Å². The third-order valence-electron chi connectivity index (χ3n) is 3.04. The van der Waals surface area contributed by atoms with Gasteiger partial charge in [0.1, 0.15) is 0 Å². The first kappa shape index (κ1) is 12.7. The van der Waals surface area contributed by atoms with Gasteiger partial charge in [-0.25, -0.2) is 0 Å². The quantitative estimate of drug-likeness (QED) is 0.805. The van der Waals surface area contributed by atoms with Gasteiger partial charge in [0.15, 0.2) is 0 Å². The number of aliphatic hydroxyl groups excluding tert-OH is 1. The molecular formula is C15H17NO2. The van der Waals surface area contributed by atoms with E-state index in [4.69, 9.17) is 5.11 Å². The van der Waals surface area contributed by atoms with Crippen LogP contribution in [0.1, 0.15) is 30.4 Å². The molecule has 0 aliphatic carbocycles. The first-order valence-corrected chi connectivity index (χ1v) is 6.23. The van der Waals surface area contributed by atoms with Crippen LogP contribution < -0.4 is 4.90 Å². The van der Waals surface area contributed by atoms with Crippen molar-refractivity contribution in [2.75, 3.05) is 18.1 Å². The molecule has 1 aliphatic heterocycles. The van der Waals surface area contributed by atoms with E-state index >= 15 is 0 Å². The van der Waals surface area contributed by atoms with Crippen molar-refractivity contribution in [1.82, 2.24) is 0 Å². The van der Waals surface area contributed by atoms with Gasteiger partial charge >= 0.3 is 0 Å². The SMILES string of the molecule is Cc1ccc(C#CCCO)cc1N1CCCC1=O. The maximum absolute atomic E-state index is 11.8. The minimum Gasteiger partial charge on any atom is -0.395 e. The van der Waals surface area contributed by atoms with Crippen molar-refractivity contribution in [3.63, 3.8) is 0 Å². The minimum absolute atomic E-state index is 0.0797. The van der Waals surface area contributed by atoms with Crippen molar-refractivity contribution >= 4 is 11.6 Å². The zero-order chi connectivity index (χ0) is 13.0. The molecule has 3 nitrogen and oxygen atoms in total. The van der Waals surface area contributed by atoms with E-state index in [1.807, 2.05) is 30.0 Å². The van der Waals surface area contributed by atoms with Gasteiger partial charge in [-0.2, -0.15) is 0 Å². The highest BCUT2D eigenvalue weighted by Crippen LogP contribution is 2.25. The number of anilines is 1. The average Bonchev–Trinajstić information content (AvgIpc) is 2.78. The number of carbonyl (C=O) groups is 1. The molecule has 1 heterocycles. The fourth-order valence-corrected chi connectivity index (χ4v) is 2.10. The molecule has 1 amide bonds. The van der Waals surface area contributed by atoms with Crippen LogP contribution in [0.4, 0.5) is 5.69 Å². The summed E-state index contributed by atoms with van der Waals surface area (Å²) < 4.78 is 0. The maximum Gasteiger partial charge on any atom is 0.227 e. The molecule has 1 aromatic rings. The number of carbonyl (C=O) groups excluding carboxylic acids is 1. The Morgan fingerprint density at radius 1 is 1.44 bits per heavy atom. The highest BCUT2D eigenvalue weighted by Gasteiger charge is 2.22. The standard InChI is InChI=1S/C15H17NO2/c1-12-7-8-13(5-2-3-10-17)11-14(12)16-9-4-6-15(16)18/h7-8,11,17H,3-4,6,9-10H2,1H3. The first-order valence-electron chi connectivity index (χ1n) is 6.23. The van der Waals surface area contributed by atoms with Crippen molar-refractivity contribution in [2.24, 2.45) is 0 Å². The Morgan fingerprint density at radius 3 is 2.94 bits per heavy atom. The van der Waals surface area contributed by atoms with Gasteiger partial charge in [-0.05, 0) is 31.0 Å². The van der Waals surface area contributed by atoms with Crippen molar-refractivity contribution in [1.29, 1.82) is 0 Å². The second-order valence-electron chi connectivity index (χ2n) is 4.43. The second kappa shape index (κ2) is 5.70. The summed E-state index contributed by atoms with van der Waals surface area (Å²) in [5.41, 5.74) is 2.95. The number of rotatable bonds is 2. The predicted octanol–water partition coefficient (Wildman–Crippen LogP) is 1.86. The lowest BCUT2D eigenvalue weighted by Gasteiger charge is -2.18. The van der Waals surface area contributed by atoms with E-state index in [2.05, 4.69) is 11.8 Å². The van der Waals surface area contributed by atoms with Gasteiger partial charge in [-0.3, -0.25) is 4.79 Å². The summed E-state index contributed by atoms with van der Waals surface area (Å²) in [5, 5.41) is 8.69. The van der Waals surface area contributed by atoms with E-state index in [9.17, 15) is 4.79 Å². The summed E-state index contributed by atoms with van der Waals surface area (Å²) >= 11 is 0. The Kier molecular flexibility index (Phi) is 4.01. The lowest BCUT2D eigenvalue weighted by molar-refractivity contribution is -0.117. The summed E-state index contributed by atoms with van der Waals surface area (Å²) in [7, 11) is 0. The van der Waals surface area contributed by atoms with Crippen molar-refractivity contribution in [3.05, 3.63) is 29.3 Å². The molecule has 0 radical (unpaired) electrons. The third-order valence-corrected chi connectivity index (χ3v) is 3.04. The summed E-state index contributed by atoms with van der Waals surface area (Å²) in [5.74, 6) is 6.09. The molecule has 94 valence electrons. The number of aryl methyl sites for hydroxylation is 1. The Morgan fingerprint density at radius 2 is 2.28 bits per heavy atom. The Bertz CT molecular complexity index is 511. The molecule has 1 aliphatic rings. The molecule has 0 atom stereocenters. The zero-order valence-electron chi connectivity index (χ0n) is 10.6. The second-order valence-corrected chi connectivity index (χ2v) is 4.43. The molecule has 18 heavy (non-hydrogen) atoms. The molecule has 1 aromatic carbocycles. The normalized spacial score (nSPS) is 14.6. The van der Waals surface area contributed by atoms with E-state index in [0.717, 1.165) is 29.8 Å². The van der Waals surface area contributed by atoms with E-state index < -0.39 is 0 Å². The first-order chi connectivity index (χ1) is 8.72. The van der Waals surface area contributed by atoms with Crippen LogP contribution >= 0.6 is 0 Å². The number of nitrogens with zero attached hydrogens (tertiary/aromatic N) is 1. The summed E-state index contributed by atoms with van der Waals surface area (Å²) in [6.45, 7) is 2.88. The molecule has 2 rings (SSSR count). The highest BCUT2D eigenvalue weighted by atomic mass is 16.2. The molecule has 1 fully saturated rings. The lowest BCUT2D eigenvalue weighted by Crippen LogP contribution is -2.24. The van der Waals surface area contributed by atoms with E-state index in [1.54, 1.807) is 0 Å². The number of hydrogen-bond acceptors (Lipinski definition) is 2. The molecule has 0 spiro atoms. The average molecular weight is 243 g/mol. The molecule has 0 bridgehead atoms. The van der Waals surface area contributed by atoms with E-state index in [-0.39, 0.29) is 12.5 Å². The van der Waals surface area contributed by atoms with Crippen LogP contribution in [0.15, 0.2) is 18.2 Å². The molecule has 1 N–H and O–H groups in total. The Hall–Kier alpha value is -1.79. The van der Waals surface area contributed by atoms with Gasteiger partial charge in [-0.1, -0.05) is 17.9 Å². The monoisotopic (exact) mass is 243 g/mol. The lowest BCUT2D eigenvalue weighted by atomic mass is 10.1. The van der Waals surface area contributed by atoms with Crippen molar-refractivity contribution in [2.45, 2.75) is 26.2 Å². The molecule has 0 saturated carbocycles. The Balaban J connectivity index is 2.27. The highest BCUT2D eigenvalue weighted by molar-refractivity contribution is 5.96. The van der Waals surface area contributed by atoms with Crippen LogP contribution in [-0.2, 0) is 4.79 Å². The van der Waals surface area contributed by atoms with Gasteiger partial charge < -0.3 is 10.0 Å². The van der Waals surface area contributed by atoms with Gasteiger partial charge in [0.25, 0.3) is 0 Å². The number of benzene rings is 1. The van der Waals surface area contributed by atoms with Crippen LogP contribution in [0, 0.1) is 18.8 Å². The van der Waals surface area contributed by atoms with Crippen LogP contribution in [0.2, 0.25) is 0 Å². The molecule has 0 aromatic heterocycles. The topological polar surface area (TPSA) is 40.5 Å². The third kappa shape index (κ3) is 2.72. The van der Waals surface area contributed by atoms with Crippen LogP contribution in [0.5, 0.6) is 0 Å². The van der Waals surface area contributed by atoms with Crippen LogP contribution in [-0.4, -0.2) is 24.2 Å². The van der Waals surface area contributed by atoms with Gasteiger partial charge in [0, 0.05) is 30.6 Å². The predicted molar refractivity (Wildman–Crippen MR) is 71.3 cm³/mol. The number of hydrogen-bond donors (Lipinski definition) is 1. The fourth-order valence-electron chi connectivity index (χ4n) is 2.10. The summed E-state index contributed by atoms with van der Waals surface area (Å²) in [6, 6.07) is 5.90. The molecule has 3 heteroatoms. The summed E-state index contributed by atoms with van der Waals surface area (Å²) in [6.07, 6.45) is 2.05. The van der Waals surface area contributed by atoms with Gasteiger partial charge in [0.05, 0.1) is 6.61 Å². The smallest absolute Gasteiger partial charge is 0.227 e. The van der Waals surface area contributed by atoms with E-state index in [0.29, 0.717) is 12.8 Å². The molecule has 0 unspecified atom stereocenters. The largest absolute Gasteiger partial charge is 0.395 e. The minimum atomic E-state index is 0.0797. The fraction of sp³-hybridized carbons (Fsp3) is 0.400. The zero-order valence-corrected chi connectivity index (χ0v) is 10.6. The van der Waals surface area contributed by atoms with Crippen molar-refractivity contribution in [3.8, 4) is 11.8 Å². The maximum atomic E-state index is 11.8. The number of amides is 1. The number of aliphatic hydroxyl groups is 1. The van der Waals surface area contributed by atoms with Gasteiger partial charge in [-0.15, -0.1) is 0 Å². The summed E-state index contributed by atoms with van der Waals surface area (Å²) in [4.78, 5) is 13.6. The van der Waals surface area contributed by atoms with Crippen molar-refractivity contribution < 1.29 is 9.90 Å².